The molecule has 1 aromatic heterocycles. The molecular formula is C16H20N2O3. The molecule has 0 radical (unpaired) electrons. The molecule has 0 unspecified atom stereocenters. The van der Waals surface area contributed by atoms with E-state index in [0.29, 0.717) is 13.0 Å². The summed E-state index contributed by atoms with van der Waals surface area (Å²) in [7, 11) is 1.76. The van der Waals surface area contributed by atoms with Crippen LogP contribution in [-0.4, -0.2) is 40.5 Å². The lowest BCUT2D eigenvalue weighted by molar-refractivity contribution is -0.137. The van der Waals surface area contributed by atoms with Crippen molar-refractivity contribution in [2.24, 2.45) is 0 Å². The first kappa shape index (κ1) is 15.1. The lowest BCUT2D eigenvalue weighted by Gasteiger charge is -2.16. The molecule has 112 valence electrons. The number of carboxylic acids is 1. The van der Waals surface area contributed by atoms with Crippen LogP contribution in [0.5, 0.6) is 0 Å². The molecule has 5 heteroatoms. The van der Waals surface area contributed by atoms with E-state index in [1.54, 1.807) is 11.9 Å². The summed E-state index contributed by atoms with van der Waals surface area (Å²) >= 11 is 0. The first-order chi connectivity index (χ1) is 10.1. The number of nitrogens with one attached hydrogen (secondary N) is 1. The van der Waals surface area contributed by atoms with Gasteiger partial charge in [0, 0.05) is 43.5 Å². The van der Waals surface area contributed by atoms with Gasteiger partial charge in [-0.05, 0) is 24.5 Å². The second kappa shape index (κ2) is 6.92. The number of para-hydroxylation sites is 1. The monoisotopic (exact) mass is 288 g/mol. The molecule has 0 spiro atoms. The van der Waals surface area contributed by atoms with Gasteiger partial charge in [0.15, 0.2) is 0 Å². The van der Waals surface area contributed by atoms with E-state index >= 15 is 0 Å². The number of aromatic amines is 1. The summed E-state index contributed by atoms with van der Waals surface area (Å²) in [4.78, 5) is 27.2. The van der Waals surface area contributed by atoms with Crippen LogP contribution in [0.15, 0.2) is 30.5 Å². The quantitative estimate of drug-likeness (QED) is 0.821. The van der Waals surface area contributed by atoms with Crippen LogP contribution in [0.1, 0.15) is 24.8 Å². The number of fused-ring (bicyclic) bond motifs is 1. The van der Waals surface area contributed by atoms with Crippen LogP contribution in [0.4, 0.5) is 0 Å². The van der Waals surface area contributed by atoms with E-state index in [4.69, 9.17) is 5.11 Å². The van der Waals surface area contributed by atoms with E-state index in [0.717, 1.165) is 11.9 Å². The largest absolute Gasteiger partial charge is 0.481 e. The van der Waals surface area contributed by atoms with E-state index in [9.17, 15) is 9.59 Å². The number of hydrogen-bond acceptors (Lipinski definition) is 2. The van der Waals surface area contributed by atoms with E-state index in [1.165, 1.54) is 10.9 Å². The minimum atomic E-state index is -0.857. The summed E-state index contributed by atoms with van der Waals surface area (Å²) in [5.74, 6) is -0.861. The van der Waals surface area contributed by atoms with Gasteiger partial charge in [0.2, 0.25) is 5.91 Å². The number of benzene rings is 1. The van der Waals surface area contributed by atoms with Crippen LogP contribution >= 0.6 is 0 Å². The molecule has 0 aliphatic heterocycles. The van der Waals surface area contributed by atoms with Gasteiger partial charge in [0.05, 0.1) is 0 Å². The zero-order valence-corrected chi connectivity index (χ0v) is 12.1. The van der Waals surface area contributed by atoms with Crippen LogP contribution in [0, 0.1) is 0 Å². The third-order valence-electron chi connectivity index (χ3n) is 3.60. The van der Waals surface area contributed by atoms with Gasteiger partial charge in [-0.2, -0.15) is 0 Å². The number of H-pyrrole nitrogens is 1. The Balaban J connectivity index is 1.84. The minimum Gasteiger partial charge on any atom is -0.481 e. The third-order valence-corrected chi connectivity index (χ3v) is 3.60. The standard InChI is InChI=1S/C16H20N2O3/c1-18(15(19)7-4-8-16(20)21)10-9-12-11-17-14-6-3-2-5-13(12)14/h2-3,5-6,11,17H,4,7-10H2,1H3,(H,20,21). The molecule has 0 bridgehead atoms. The summed E-state index contributed by atoms with van der Waals surface area (Å²) < 4.78 is 0. The number of likely N-dealkylation sites (N-methyl/N-ethyl adjacent to an activating group) is 1. The highest BCUT2D eigenvalue weighted by atomic mass is 16.4. The highest BCUT2D eigenvalue weighted by Gasteiger charge is 2.10. The van der Waals surface area contributed by atoms with Gasteiger partial charge >= 0.3 is 5.97 Å². The molecule has 1 heterocycles. The number of rotatable bonds is 7. The molecular weight excluding hydrogens is 268 g/mol. The summed E-state index contributed by atoms with van der Waals surface area (Å²) in [5, 5.41) is 9.75. The average molecular weight is 288 g/mol. The predicted octanol–water partition coefficient (Wildman–Crippen LogP) is 2.42. The van der Waals surface area contributed by atoms with Crippen LogP contribution in [-0.2, 0) is 16.0 Å². The molecule has 0 fully saturated rings. The molecule has 5 nitrogen and oxygen atoms in total. The van der Waals surface area contributed by atoms with E-state index in [2.05, 4.69) is 11.1 Å². The molecule has 0 aliphatic carbocycles. The molecule has 21 heavy (non-hydrogen) atoms. The number of hydrogen-bond donors (Lipinski definition) is 2. The maximum atomic E-state index is 11.9. The van der Waals surface area contributed by atoms with Gasteiger partial charge in [-0.3, -0.25) is 9.59 Å². The van der Waals surface area contributed by atoms with E-state index < -0.39 is 5.97 Å². The normalized spacial score (nSPS) is 10.7. The van der Waals surface area contributed by atoms with Crippen LogP contribution in [0.25, 0.3) is 10.9 Å². The van der Waals surface area contributed by atoms with Crippen LogP contribution in [0.2, 0.25) is 0 Å². The van der Waals surface area contributed by atoms with Crippen molar-refractivity contribution in [3.63, 3.8) is 0 Å². The third kappa shape index (κ3) is 4.08. The van der Waals surface area contributed by atoms with Gasteiger partial charge in [-0.1, -0.05) is 18.2 Å². The number of carboxylic acid groups (broad SMARTS) is 1. The topological polar surface area (TPSA) is 73.4 Å². The summed E-state index contributed by atoms with van der Waals surface area (Å²) in [6.07, 6.45) is 3.49. The molecule has 1 aromatic carbocycles. The Bertz CT molecular complexity index is 633. The fourth-order valence-corrected chi connectivity index (χ4v) is 2.33. The summed E-state index contributed by atoms with van der Waals surface area (Å²) in [6.45, 7) is 0.633. The fraction of sp³-hybridized carbons (Fsp3) is 0.375. The van der Waals surface area contributed by atoms with Crippen molar-refractivity contribution in [1.82, 2.24) is 9.88 Å². The number of nitrogens with zero attached hydrogens (tertiary/aromatic N) is 1. The second-order valence-corrected chi connectivity index (χ2v) is 5.17. The number of aromatic nitrogens is 1. The maximum absolute atomic E-state index is 11.9. The van der Waals surface area contributed by atoms with Crippen molar-refractivity contribution in [1.29, 1.82) is 0 Å². The Morgan fingerprint density at radius 3 is 2.76 bits per heavy atom. The van der Waals surface area contributed by atoms with Crippen LogP contribution < -0.4 is 0 Å². The Kier molecular flexibility index (Phi) is 4.98. The molecule has 2 aromatic rings. The molecule has 2 rings (SSSR count). The molecule has 0 atom stereocenters. The summed E-state index contributed by atoms with van der Waals surface area (Å²) in [6, 6.07) is 8.08. The Morgan fingerprint density at radius 1 is 1.24 bits per heavy atom. The van der Waals surface area contributed by atoms with Crippen molar-refractivity contribution in [3.05, 3.63) is 36.0 Å². The van der Waals surface area contributed by atoms with Crippen molar-refractivity contribution < 1.29 is 14.7 Å². The van der Waals surface area contributed by atoms with E-state index in [1.807, 2.05) is 24.4 Å². The molecule has 1 amide bonds. The van der Waals surface area contributed by atoms with Crippen molar-refractivity contribution in [3.8, 4) is 0 Å². The lowest BCUT2D eigenvalue weighted by Crippen LogP contribution is -2.28. The predicted molar refractivity (Wildman–Crippen MR) is 81.1 cm³/mol. The van der Waals surface area contributed by atoms with Gasteiger partial charge in [-0.15, -0.1) is 0 Å². The van der Waals surface area contributed by atoms with Crippen LogP contribution in [0.3, 0.4) is 0 Å². The van der Waals surface area contributed by atoms with Gasteiger partial charge in [-0.25, -0.2) is 0 Å². The first-order valence-corrected chi connectivity index (χ1v) is 7.08. The van der Waals surface area contributed by atoms with Crippen molar-refractivity contribution in [2.45, 2.75) is 25.7 Å². The fourth-order valence-electron chi connectivity index (χ4n) is 2.33. The Morgan fingerprint density at radius 2 is 2.00 bits per heavy atom. The first-order valence-electron chi connectivity index (χ1n) is 7.08. The van der Waals surface area contributed by atoms with Gasteiger partial charge in [0.25, 0.3) is 0 Å². The second-order valence-electron chi connectivity index (χ2n) is 5.17. The zero-order chi connectivity index (χ0) is 15.2. The number of aliphatic carboxylic acids is 1. The highest BCUT2D eigenvalue weighted by molar-refractivity contribution is 5.83. The molecule has 2 N–H and O–H groups in total. The molecule has 0 aliphatic rings. The van der Waals surface area contributed by atoms with Crippen molar-refractivity contribution in [2.75, 3.05) is 13.6 Å². The summed E-state index contributed by atoms with van der Waals surface area (Å²) in [5.41, 5.74) is 2.29. The Hall–Kier alpha value is -2.30. The number of carbonyl (C=O) groups excluding carboxylic acids is 1. The lowest BCUT2D eigenvalue weighted by atomic mass is 10.1. The Labute approximate surface area is 123 Å². The van der Waals surface area contributed by atoms with Gasteiger partial charge in [0.1, 0.15) is 0 Å². The minimum absolute atomic E-state index is 0.00362. The highest BCUT2D eigenvalue weighted by Crippen LogP contribution is 2.18. The maximum Gasteiger partial charge on any atom is 0.303 e. The average Bonchev–Trinajstić information content (AvgIpc) is 2.87. The molecule has 0 saturated heterocycles. The number of carbonyl (C=O) groups is 2. The smallest absolute Gasteiger partial charge is 0.303 e. The zero-order valence-electron chi connectivity index (χ0n) is 12.1. The van der Waals surface area contributed by atoms with E-state index in [-0.39, 0.29) is 18.7 Å². The number of amides is 1. The van der Waals surface area contributed by atoms with Crippen molar-refractivity contribution >= 4 is 22.8 Å². The van der Waals surface area contributed by atoms with Gasteiger partial charge < -0.3 is 15.0 Å². The SMILES string of the molecule is CN(CCc1c[nH]c2ccccc12)C(=O)CCCC(=O)O. The molecule has 0 saturated carbocycles.